The lowest BCUT2D eigenvalue weighted by atomic mass is 9.78. The summed E-state index contributed by atoms with van der Waals surface area (Å²) in [5, 5.41) is 16.8. The summed E-state index contributed by atoms with van der Waals surface area (Å²) in [6, 6.07) is 45.2. The maximum atomic E-state index is 9.28. The molecule has 0 saturated heterocycles. The highest BCUT2D eigenvalue weighted by Crippen LogP contribution is 2.51. The predicted molar refractivity (Wildman–Crippen MR) is 206 cm³/mol. The first-order valence-electron chi connectivity index (χ1n) is 17.2. The minimum atomic E-state index is -0.0658. The fraction of sp³-hybridized carbons (Fsp3) is 0.109. The number of para-hydroxylation sites is 2. The molecule has 0 bridgehead atoms. The molecule has 1 aliphatic heterocycles. The van der Waals surface area contributed by atoms with Gasteiger partial charge in [0, 0.05) is 33.2 Å². The van der Waals surface area contributed by atoms with E-state index in [9.17, 15) is 5.26 Å². The summed E-state index contributed by atoms with van der Waals surface area (Å²) in [6.07, 6.45) is 6.81. The van der Waals surface area contributed by atoms with Crippen LogP contribution in [0.4, 0.5) is 5.69 Å². The predicted octanol–water partition coefficient (Wildman–Crippen LogP) is 11.4. The fourth-order valence-electron chi connectivity index (χ4n) is 7.94. The Balaban J connectivity index is 1.23. The van der Waals surface area contributed by atoms with Gasteiger partial charge in [0.2, 0.25) is 0 Å². The van der Waals surface area contributed by atoms with E-state index in [0.29, 0.717) is 6.42 Å². The molecule has 0 fully saturated rings. The number of allylic oxidation sites excluding steroid dienone is 4. The molecule has 3 heterocycles. The number of aryl methyl sites for hydroxylation is 2. The van der Waals surface area contributed by atoms with E-state index in [1.165, 1.54) is 49.5 Å². The second-order valence-corrected chi connectivity index (χ2v) is 13.3. The highest BCUT2D eigenvalue weighted by Gasteiger charge is 2.31. The van der Waals surface area contributed by atoms with Crippen molar-refractivity contribution >= 4 is 32.9 Å². The van der Waals surface area contributed by atoms with Gasteiger partial charge < -0.3 is 5.32 Å². The normalized spacial score (nSPS) is 16.3. The van der Waals surface area contributed by atoms with Gasteiger partial charge in [0.15, 0.2) is 0 Å². The van der Waals surface area contributed by atoms with E-state index in [1.54, 1.807) is 0 Å². The molecule has 4 nitrogen and oxygen atoms in total. The van der Waals surface area contributed by atoms with Gasteiger partial charge in [0.05, 0.1) is 40.6 Å². The van der Waals surface area contributed by atoms with E-state index < -0.39 is 0 Å². The van der Waals surface area contributed by atoms with Crippen molar-refractivity contribution < 1.29 is 0 Å². The van der Waals surface area contributed by atoms with E-state index in [1.807, 2.05) is 18.2 Å². The number of fused-ring (bicyclic) bond motifs is 6. The molecular weight excluding hydrogens is 609 g/mol. The lowest BCUT2D eigenvalue weighted by Gasteiger charge is -2.34. The van der Waals surface area contributed by atoms with Crippen LogP contribution >= 0.6 is 0 Å². The molecule has 2 aromatic heterocycles. The van der Waals surface area contributed by atoms with Crippen LogP contribution in [-0.2, 0) is 0 Å². The van der Waals surface area contributed by atoms with Crippen LogP contribution < -0.4 is 5.32 Å². The van der Waals surface area contributed by atoms with Crippen molar-refractivity contribution in [2.75, 3.05) is 5.32 Å². The van der Waals surface area contributed by atoms with Crippen molar-refractivity contribution in [2.24, 2.45) is 5.92 Å². The first-order chi connectivity index (χ1) is 24.6. The monoisotopic (exact) mass is 642 g/mol. The molecule has 4 heteroatoms. The van der Waals surface area contributed by atoms with Gasteiger partial charge in [-0.05, 0) is 83.3 Å². The lowest BCUT2D eigenvalue weighted by molar-refractivity contribution is 0.840. The molecule has 2 atom stereocenters. The second kappa shape index (κ2) is 12.0. The number of hydrogen-bond donors (Lipinski definition) is 1. The molecule has 0 saturated carbocycles. The minimum Gasteiger partial charge on any atom is -0.374 e. The number of nitrogens with one attached hydrogen (secondary N) is 1. The summed E-state index contributed by atoms with van der Waals surface area (Å²) in [5.41, 5.74) is 15.8. The number of hydrogen-bond acceptors (Lipinski definition) is 4. The Hall–Kier alpha value is -6.31. The molecule has 0 amide bonds. The second-order valence-electron chi connectivity index (χ2n) is 13.3. The topological polar surface area (TPSA) is 61.6 Å². The summed E-state index contributed by atoms with van der Waals surface area (Å²) in [5.74, 6) is -0.0658. The Bertz CT molecular complexity index is 2570. The molecule has 5 aromatic carbocycles. The number of nitriles is 1. The van der Waals surface area contributed by atoms with Crippen LogP contribution in [0.25, 0.3) is 60.9 Å². The van der Waals surface area contributed by atoms with Gasteiger partial charge >= 0.3 is 0 Å². The number of nitrogens with zero attached hydrogens (tertiary/aromatic N) is 3. The van der Waals surface area contributed by atoms with Gasteiger partial charge in [0.1, 0.15) is 0 Å². The summed E-state index contributed by atoms with van der Waals surface area (Å²) in [4.78, 5) is 10.4. The fourth-order valence-corrected chi connectivity index (χ4v) is 7.94. The Morgan fingerprint density at radius 3 is 2.24 bits per heavy atom. The molecular formula is C46H34N4. The van der Waals surface area contributed by atoms with Crippen molar-refractivity contribution in [3.63, 3.8) is 0 Å². The molecule has 7 aromatic rings. The number of benzene rings is 5. The van der Waals surface area contributed by atoms with Crippen LogP contribution in [0.5, 0.6) is 0 Å². The van der Waals surface area contributed by atoms with E-state index >= 15 is 0 Å². The zero-order valence-electron chi connectivity index (χ0n) is 28.0. The van der Waals surface area contributed by atoms with Crippen molar-refractivity contribution in [1.29, 1.82) is 5.26 Å². The smallest absolute Gasteiger partial charge is 0.0791 e. The van der Waals surface area contributed by atoms with Crippen molar-refractivity contribution in [1.82, 2.24) is 9.97 Å². The average molecular weight is 643 g/mol. The molecule has 0 radical (unpaired) electrons. The molecule has 50 heavy (non-hydrogen) atoms. The van der Waals surface area contributed by atoms with Crippen molar-refractivity contribution in [2.45, 2.75) is 26.3 Å². The van der Waals surface area contributed by atoms with Gasteiger partial charge in [-0.25, -0.2) is 9.97 Å². The van der Waals surface area contributed by atoms with E-state index in [0.717, 1.165) is 45.0 Å². The van der Waals surface area contributed by atoms with Crippen LogP contribution in [0.2, 0.25) is 0 Å². The SMILES string of the molecule is Cc1c2c(c(C)c3c1c(-c1ccc(-c4cccc(C5=CCC(C#N)C=C5)n4)cc1)nc1ccccc13)C(c1ccccc1)Nc1ccccc1-2. The summed E-state index contributed by atoms with van der Waals surface area (Å²) < 4.78 is 0. The Morgan fingerprint density at radius 1 is 0.700 bits per heavy atom. The zero-order chi connectivity index (χ0) is 33.8. The zero-order valence-corrected chi connectivity index (χ0v) is 28.0. The van der Waals surface area contributed by atoms with E-state index in [-0.39, 0.29) is 12.0 Å². The minimum absolute atomic E-state index is 0.0229. The third-order valence-electron chi connectivity index (χ3n) is 10.4. The van der Waals surface area contributed by atoms with Gasteiger partial charge in [-0.1, -0.05) is 115 Å². The quantitative estimate of drug-likeness (QED) is 0.194. The first-order valence-corrected chi connectivity index (χ1v) is 17.2. The average Bonchev–Trinajstić information content (AvgIpc) is 3.19. The lowest BCUT2D eigenvalue weighted by Crippen LogP contribution is -2.20. The Kier molecular flexibility index (Phi) is 7.14. The van der Waals surface area contributed by atoms with Gasteiger partial charge in [-0.15, -0.1) is 0 Å². The molecule has 1 N–H and O–H groups in total. The molecule has 9 rings (SSSR count). The number of rotatable bonds is 4. The van der Waals surface area contributed by atoms with Crippen LogP contribution in [-0.4, -0.2) is 9.97 Å². The summed E-state index contributed by atoms with van der Waals surface area (Å²) in [7, 11) is 0. The molecule has 2 aliphatic rings. The van der Waals surface area contributed by atoms with Crippen LogP contribution in [0.15, 0.2) is 140 Å². The summed E-state index contributed by atoms with van der Waals surface area (Å²) in [6.45, 7) is 4.57. The number of aromatic nitrogens is 2. The van der Waals surface area contributed by atoms with E-state index in [4.69, 9.17) is 9.97 Å². The molecule has 1 aliphatic carbocycles. The van der Waals surface area contributed by atoms with Gasteiger partial charge in [-0.3, -0.25) is 0 Å². The molecule has 238 valence electrons. The maximum Gasteiger partial charge on any atom is 0.0791 e. The largest absolute Gasteiger partial charge is 0.374 e. The van der Waals surface area contributed by atoms with Gasteiger partial charge in [-0.2, -0.15) is 5.26 Å². The highest BCUT2D eigenvalue weighted by atomic mass is 14.9. The van der Waals surface area contributed by atoms with Crippen LogP contribution in [0.3, 0.4) is 0 Å². The number of anilines is 1. The third-order valence-corrected chi connectivity index (χ3v) is 10.4. The molecule has 0 spiro atoms. The standard InChI is InChI=1S/C46H34N4/c1-28-42-36-14-7-9-16-40(36)50-46(34-25-23-32(24-26-34)38-18-10-17-37(48-38)31-21-19-30(27-47)20-22-31)44(42)29(2)41-35-13-6-8-15-39(35)49-45(43(28)41)33-11-4-3-5-12-33/h3-19,21-26,30,45,49H,20H2,1-2H3. The van der Waals surface area contributed by atoms with Crippen LogP contribution in [0.1, 0.15) is 40.4 Å². The summed E-state index contributed by atoms with van der Waals surface area (Å²) >= 11 is 0. The van der Waals surface area contributed by atoms with E-state index in [2.05, 4.69) is 147 Å². The Labute approximate surface area is 292 Å². The van der Waals surface area contributed by atoms with Crippen LogP contribution in [0, 0.1) is 31.1 Å². The third kappa shape index (κ3) is 4.82. The van der Waals surface area contributed by atoms with Crippen molar-refractivity contribution in [3.8, 4) is 39.7 Å². The molecule has 2 unspecified atom stereocenters. The van der Waals surface area contributed by atoms with Gasteiger partial charge in [0.25, 0.3) is 0 Å². The Morgan fingerprint density at radius 2 is 1.44 bits per heavy atom. The highest BCUT2D eigenvalue weighted by molar-refractivity contribution is 6.16. The number of pyridine rings is 2. The van der Waals surface area contributed by atoms with Crippen molar-refractivity contribution in [3.05, 3.63) is 168 Å². The maximum absolute atomic E-state index is 9.28. The first kappa shape index (κ1) is 29.8.